The molecule has 0 bridgehead atoms. The number of hydrogen-bond acceptors (Lipinski definition) is 6. The van der Waals surface area contributed by atoms with Crippen molar-refractivity contribution < 1.29 is 28.6 Å². The largest absolute Gasteiger partial charge is 0.462 e. The van der Waals surface area contributed by atoms with Crippen LogP contribution in [0.25, 0.3) is 0 Å². The van der Waals surface area contributed by atoms with E-state index in [-0.39, 0.29) is 31.1 Å². The Morgan fingerprint density at radius 1 is 0.279 bits per heavy atom. The van der Waals surface area contributed by atoms with Crippen LogP contribution in [0.3, 0.4) is 0 Å². The summed E-state index contributed by atoms with van der Waals surface area (Å²) in [6, 6.07) is 0. The number of ether oxygens (including phenoxy) is 3. The standard InChI is InChI=1S/C62H116O6/c1-4-7-10-13-16-19-22-25-28-30-32-34-37-40-43-46-49-52-55-61(64)67-58-59(57-66-60(63)54-51-48-45-42-39-36-33-27-24-21-18-15-12-9-6-3)68-62(65)56-53-50-47-44-41-38-35-31-29-26-23-20-17-14-11-8-5-2/h21,24,26,29,59H,4-20,22-23,25,27-28,30-58H2,1-3H3/b24-21-,29-26-. The lowest BCUT2D eigenvalue weighted by molar-refractivity contribution is -0.167. The first kappa shape index (κ1) is 65.9. The summed E-state index contributed by atoms with van der Waals surface area (Å²) >= 11 is 0. The van der Waals surface area contributed by atoms with Crippen LogP contribution in [0, 0.1) is 0 Å². The van der Waals surface area contributed by atoms with Crippen LogP contribution in [0.4, 0.5) is 0 Å². The molecule has 0 aromatic carbocycles. The molecule has 6 nitrogen and oxygen atoms in total. The molecule has 0 aliphatic rings. The van der Waals surface area contributed by atoms with Crippen LogP contribution in [0.2, 0.25) is 0 Å². The highest BCUT2D eigenvalue weighted by Crippen LogP contribution is 2.17. The van der Waals surface area contributed by atoms with Crippen LogP contribution in [0.15, 0.2) is 24.3 Å². The quantitative estimate of drug-likeness (QED) is 0.0262. The van der Waals surface area contributed by atoms with Crippen LogP contribution in [-0.2, 0) is 28.6 Å². The smallest absolute Gasteiger partial charge is 0.306 e. The SMILES string of the molecule is CCCCCC/C=C\CCCCCCCCCC(=O)OCC(COC(=O)CCCCCCCCCCCCCCCCCCCC)OC(=O)CCCCCCCCC/C=C\CCCCCCCC. The molecule has 0 aliphatic carbocycles. The van der Waals surface area contributed by atoms with Crippen molar-refractivity contribution >= 4 is 17.9 Å². The van der Waals surface area contributed by atoms with E-state index >= 15 is 0 Å². The molecule has 0 heterocycles. The van der Waals surface area contributed by atoms with Gasteiger partial charge in [-0.25, -0.2) is 0 Å². The first-order valence-electron chi connectivity index (χ1n) is 30.3. The lowest BCUT2D eigenvalue weighted by Crippen LogP contribution is -2.30. The Bertz CT molecular complexity index is 1100. The average Bonchev–Trinajstić information content (AvgIpc) is 3.34. The van der Waals surface area contributed by atoms with Gasteiger partial charge in [0, 0.05) is 19.3 Å². The second-order valence-electron chi connectivity index (χ2n) is 20.6. The van der Waals surface area contributed by atoms with E-state index in [4.69, 9.17) is 14.2 Å². The monoisotopic (exact) mass is 957 g/mol. The third kappa shape index (κ3) is 54.8. The highest BCUT2D eigenvalue weighted by molar-refractivity contribution is 5.71. The lowest BCUT2D eigenvalue weighted by Gasteiger charge is -2.18. The predicted octanol–water partition coefficient (Wildman–Crippen LogP) is 20.3. The molecular formula is C62H116O6. The molecule has 0 rings (SSSR count). The van der Waals surface area contributed by atoms with Gasteiger partial charge in [-0.15, -0.1) is 0 Å². The fourth-order valence-corrected chi connectivity index (χ4v) is 9.08. The molecule has 400 valence electrons. The number of unbranched alkanes of at least 4 members (excludes halogenated alkanes) is 41. The van der Waals surface area contributed by atoms with E-state index in [1.165, 1.54) is 238 Å². The fourth-order valence-electron chi connectivity index (χ4n) is 9.08. The van der Waals surface area contributed by atoms with Crippen molar-refractivity contribution in [1.82, 2.24) is 0 Å². The molecule has 1 unspecified atom stereocenters. The molecule has 0 fully saturated rings. The van der Waals surface area contributed by atoms with Gasteiger partial charge in [0.15, 0.2) is 6.10 Å². The van der Waals surface area contributed by atoms with Gasteiger partial charge in [-0.2, -0.15) is 0 Å². The van der Waals surface area contributed by atoms with Crippen molar-refractivity contribution in [3.63, 3.8) is 0 Å². The van der Waals surface area contributed by atoms with E-state index in [0.717, 1.165) is 57.8 Å². The van der Waals surface area contributed by atoms with Gasteiger partial charge < -0.3 is 14.2 Å². The Balaban J connectivity index is 4.33. The van der Waals surface area contributed by atoms with Crippen molar-refractivity contribution in [2.75, 3.05) is 13.2 Å². The fraction of sp³-hybridized carbons (Fsp3) is 0.887. The van der Waals surface area contributed by atoms with E-state index in [1.54, 1.807) is 0 Å². The van der Waals surface area contributed by atoms with Gasteiger partial charge in [0.1, 0.15) is 13.2 Å². The van der Waals surface area contributed by atoms with Crippen LogP contribution < -0.4 is 0 Å². The molecule has 0 aromatic rings. The zero-order valence-corrected chi connectivity index (χ0v) is 45.9. The molecule has 1 atom stereocenters. The number of esters is 3. The number of carbonyl (C=O) groups is 3. The summed E-state index contributed by atoms with van der Waals surface area (Å²) < 4.78 is 16.9. The van der Waals surface area contributed by atoms with E-state index < -0.39 is 6.10 Å². The molecule has 0 amide bonds. The van der Waals surface area contributed by atoms with E-state index in [0.29, 0.717) is 19.3 Å². The third-order valence-electron chi connectivity index (χ3n) is 13.7. The molecule has 0 saturated carbocycles. The van der Waals surface area contributed by atoms with Crippen LogP contribution in [-0.4, -0.2) is 37.2 Å². The number of allylic oxidation sites excluding steroid dienone is 4. The first-order valence-corrected chi connectivity index (χ1v) is 30.3. The van der Waals surface area contributed by atoms with E-state index in [1.807, 2.05) is 0 Å². The van der Waals surface area contributed by atoms with Gasteiger partial charge in [0.2, 0.25) is 0 Å². The Kier molecular flexibility index (Phi) is 55.7. The molecular weight excluding hydrogens is 841 g/mol. The summed E-state index contributed by atoms with van der Waals surface area (Å²) in [7, 11) is 0. The third-order valence-corrected chi connectivity index (χ3v) is 13.7. The minimum Gasteiger partial charge on any atom is -0.462 e. The molecule has 68 heavy (non-hydrogen) atoms. The van der Waals surface area contributed by atoms with Gasteiger partial charge in [-0.05, 0) is 70.6 Å². The number of rotatable bonds is 56. The van der Waals surface area contributed by atoms with Crippen molar-refractivity contribution in [3.05, 3.63) is 24.3 Å². The summed E-state index contributed by atoms with van der Waals surface area (Å²) in [6.07, 6.45) is 67.4. The van der Waals surface area contributed by atoms with Crippen molar-refractivity contribution in [1.29, 1.82) is 0 Å². The van der Waals surface area contributed by atoms with Crippen molar-refractivity contribution in [3.8, 4) is 0 Å². The Morgan fingerprint density at radius 2 is 0.485 bits per heavy atom. The number of carbonyl (C=O) groups excluding carboxylic acids is 3. The summed E-state index contributed by atoms with van der Waals surface area (Å²) in [5.41, 5.74) is 0. The Hall–Kier alpha value is -2.11. The molecule has 0 saturated heterocycles. The Morgan fingerprint density at radius 3 is 0.750 bits per heavy atom. The highest BCUT2D eigenvalue weighted by Gasteiger charge is 2.19. The van der Waals surface area contributed by atoms with Gasteiger partial charge in [0.25, 0.3) is 0 Å². The second kappa shape index (κ2) is 57.5. The summed E-state index contributed by atoms with van der Waals surface area (Å²) in [6.45, 7) is 6.67. The van der Waals surface area contributed by atoms with Crippen LogP contribution >= 0.6 is 0 Å². The molecule has 0 aliphatic heterocycles. The minimum absolute atomic E-state index is 0.0696. The zero-order chi connectivity index (χ0) is 49.3. The zero-order valence-electron chi connectivity index (χ0n) is 45.9. The highest BCUT2D eigenvalue weighted by atomic mass is 16.6. The van der Waals surface area contributed by atoms with Crippen molar-refractivity contribution in [2.45, 2.75) is 341 Å². The summed E-state index contributed by atoms with van der Waals surface area (Å²) in [5.74, 6) is -0.856. The summed E-state index contributed by atoms with van der Waals surface area (Å²) in [4.78, 5) is 38.2. The maximum Gasteiger partial charge on any atom is 0.306 e. The van der Waals surface area contributed by atoms with Crippen LogP contribution in [0.5, 0.6) is 0 Å². The van der Waals surface area contributed by atoms with Gasteiger partial charge in [-0.3, -0.25) is 14.4 Å². The van der Waals surface area contributed by atoms with Gasteiger partial charge in [-0.1, -0.05) is 270 Å². The molecule has 0 aromatic heterocycles. The van der Waals surface area contributed by atoms with Gasteiger partial charge in [0.05, 0.1) is 0 Å². The lowest BCUT2D eigenvalue weighted by atomic mass is 10.0. The van der Waals surface area contributed by atoms with E-state index in [9.17, 15) is 14.4 Å². The molecule has 0 spiro atoms. The Labute approximate surface area is 423 Å². The molecule has 0 N–H and O–H groups in total. The molecule has 6 heteroatoms. The average molecular weight is 958 g/mol. The van der Waals surface area contributed by atoms with Crippen molar-refractivity contribution in [2.24, 2.45) is 0 Å². The summed E-state index contributed by atoms with van der Waals surface area (Å²) in [5, 5.41) is 0. The molecule has 0 radical (unpaired) electrons. The first-order chi connectivity index (χ1) is 33.5. The maximum absolute atomic E-state index is 12.9. The predicted molar refractivity (Wildman–Crippen MR) is 293 cm³/mol. The van der Waals surface area contributed by atoms with Crippen LogP contribution in [0.1, 0.15) is 335 Å². The number of hydrogen-bond donors (Lipinski definition) is 0. The second-order valence-corrected chi connectivity index (χ2v) is 20.6. The minimum atomic E-state index is -0.772. The van der Waals surface area contributed by atoms with Gasteiger partial charge >= 0.3 is 17.9 Å². The van der Waals surface area contributed by atoms with E-state index in [2.05, 4.69) is 45.1 Å². The maximum atomic E-state index is 12.9. The topological polar surface area (TPSA) is 78.9 Å². The normalized spacial score (nSPS) is 12.1.